The molecular formula is C11H10F3N3O3. The summed E-state index contributed by atoms with van der Waals surface area (Å²) in [6.07, 6.45) is -4.70. The molecule has 9 heteroatoms. The van der Waals surface area contributed by atoms with Gasteiger partial charge in [-0.15, -0.1) is 0 Å². The van der Waals surface area contributed by atoms with Crippen LogP contribution in [0, 0.1) is 10.1 Å². The van der Waals surface area contributed by atoms with Gasteiger partial charge in [-0.1, -0.05) is 12.1 Å². The van der Waals surface area contributed by atoms with Crippen molar-refractivity contribution in [2.45, 2.75) is 18.6 Å². The number of hydrogen-bond acceptors (Lipinski definition) is 4. The van der Waals surface area contributed by atoms with E-state index in [2.05, 4.69) is 5.43 Å². The number of nitrogens with one attached hydrogen (secondary N) is 1. The minimum absolute atomic E-state index is 0.0402. The van der Waals surface area contributed by atoms with E-state index in [-0.39, 0.29) is 18.5 Å². The van der Waals surface area contributed by atoms with E-state index in [1.165, 1.54) is 6.07 Å². The van der Waals surface area contributed by atoms with Crippen molar-refractivity contribution in [2.75, 3.05) is 6.54 Å². The van der Waals surface area contributed by atoms with Gasteiger partial charge in [0, 0.05) is 25.1 Å². The molecule has 0 unspecified atom stereocenters. The average molecular weight is 289 g/mol. The quantitative estimate of drug-likeness (QED) is 0.681. The smallest absolute Gasteiger partial charge is 0.288 e. The van der Waals surface area contributed by atoms with Gasteiger partial charge < -0.3 is 0 Å². The molecule has 0 spiro atoms. The predicted octanol–water partition coefficient (Wildman–Crippen LogP) is 1.94. The molecule has 2 rings (SSSR count). The molecule has 1 heterocycles. The van der Waals surface area contributed by atoms with Gasteiger partial charge in [-0.25, -0.2) is 5.01 Å². The van der Waals surface area contributed by atoms with E-state index < -0.39 is 28.7 Å². The van der Waals surface area contributed by atoms with Crippen molar-refractivity contribution in [2.24, 2.45) is 0 Å². The molecule has 20 heavy (non-hydrogen) atoms. The van der Waals surface area contributed by atoms with E-state index in [9.17, 15) is 28.1 Å². The first-order valence-electron chi connectivity index (χ1n) is 5.66. The lowest BCUT2D eigenvalue weighted by molar-refractivity contribution is -0.385. The molecule has 0 saturated carbocycles. The fourth-order valence-electron chi connectivity index (χ4n) is 2.04. The van der Waals surface area contributed by atoms with Gasteiger partial charge in [-0.3, -0.25) is 20.3 Å². The van der Waals surface area contributed by atoms with Crippen molar-refractivity contribution >= 4 is 11.6 Å². The van der Waals surface area contributed by atoms with Crippen LogP contribution in [0.25, 0.3) is 0 Å². The summed E-state index contributed by atoms with van der Waals surface area (Å²) in [6, 6.07) is 2.20. The van der Waals surface area contributed by atoms with E-state index in [1.807, 2.05) is 0 Å². The number of hydrogen-bond donors (Lipinski definition) is 1. The first-order chi connectivity index (χ1) is 9.29. The Balaban J connectivity index is 2.39. The van der Waals surface area contributed by atoms with Crippen molar-refractivity contribution in [3.05, 3.63) is 39.9 Å². The fraction of sp³-hybridized carbons (Fsp3) is 0.364. The van der Waals surface area contributed by atoms with Crippen LogP contribution in [0.2, 0.25) is 0 Å². The topological polar surface area (TPSA) is 75.5 Å². The fourth-order valence-corrected chi connectivity index (χ4v) is 2.04. The largest absolute Gasteiger partial charge is 0.409 e. The number of nitro benzene ring substituents is 1. The zero-order valence-electron chi connectivity index (χ0n) is 10.1. The van der Waals surface area contributed by atoms with Gasteiger partial charge in [0.15, 0.2) is 0 Å². The Labute approximate surface area is 111 Å². The number of halogens is 3. The summed E-state index contributed by atoms with van der Waals surface area (Å²) in [5.41, 5.74) is 1.40. The van der Waals surface area contributed by atoms with Gasteiger partial charge >= 0.3 is 6.18 Å². The lowest BCUT2D eigenvalue weighted by Crippen LogP contribution is -2.43. The third-order valence-corrected chi connectivity index (χ3v) is 2.87. The Morgan fingerprint density at radius 3 is 2.60 bits per heavy atom. The summed E-state index contributed by atoms with van der Waals surface area (Å²) < 4.78 is 39.5. The van der Waals surface area contributed by atoms with Gasteiger partial charge in [-0.2, -0.15) is 13.2 Å². The highest BCUT2D eigenvalue weighted by molar-refractivity contribution is 5.77. The molecule has 1 amide bonds. The number of amides is 1. The highest BCUT2D eigenvalue weighted by Gasteiger charge is 2.47. The molecular weight excluding hydrogens is 279 g/mol. The van der Waals surface area contributed by atoms with Crippen molar-refractivity contribution in [3.8, 4) is 0 Å². The maximum absolute atomic E-state index is 13.2. The first-order valence-corrected chi connectivity index (χ1v) is 5.66. The van der Waals surface area contributed by atoms with Crippen LogP contribution in [0.15, 0.2) is 24.3 Å². The highest BCUT2D eigenvalue weighted by atomic mass is 19.4. The SMILES string of the molecule is O=C1CCN([C@@H](c2cccc([N+](=O)[O-])c2)C(F)(F)F)N1. The number of nitrogens with zero attached hydrogens (tertiary/aromatic N) is 2. The molecule has 1 aliphatic rings. The first kappa shape index (κ1) is 14.3. The van der Waals surface area contributed by atoms with Crippen molar-refractivity contribution < 1.29 is 22.9 Å². The Morgan fingerprint density at radius 1 is 1.40 bits per heavy atom. The van der Waals surface area contributed by atoms with E-state index >= 15 is 0 Å². The number of carbonyl (C=O) groups excluding carboxylic acids is 1. The number of nitro groups is 1. The van der Waals surface area contributed by atoms with Crippen molar-refractivity contribution in [3.63, 3.8) is 0 Å². The Hall–Kier alpha value is -2.16. The van der Waals surface area contributed by atoms with Crippen LogP contribution in [0.5, 0.6) is 0 Å². The summed E-state index contributed by atoms with van der Waals surface area (Å²) in [7, 11) is 0. The second-order valence-electron chi connectivity index (χ2n) is 4.27. The van der Waals surface area contributed by atoms with Crippen LogP contribution in [-0.2, 0) is 4.79 Å². The van der Waals surface area contributed by atoms with E-state index in [0.717, 1.165) is 23.2 Å². The van der Waals surface area contributed by atoms with Crippen LogP contribution in [0.4, 0.5) is 18.9 Å². The number of benzene rings is 1. The summed E-state index contributed by atoms with van der Waals surface area (Å²) >= 11 is 0. The van der Waals surface area contributed by atoms with Gasteiger partial charge in [0.25, 0.3) is 5.69 Å². The minimum atomic E-state index is -4.66. The molecule has 1 aliphatic heterocycles. The highest BCUT2D eigenvalue weighted by Crippen LogP contribution is 2.38. The minimum Gasteiger partial charge on any atom is -0.288 e. The summed E-state index contributed by atoms with van der Waals surface area (Å²) in [4.78, 5) is 20.9. The molecule has 1 aromatic rings. The zero-order chi connectivity index (χ0) is 14.9. The number of carbonyl (C=O) groups is 1. The number of hydrazine groups is 1. The number of rotatable bonds is 3. The molecule has 1 saturated heterocycles. The van der Waals surface area contributed by atoms with Crippen LogP contribution in [0.1, 0.15) is 18.0 Å². The summed E-state index contributed by atoms with van der Waals surface area (Å²) in [6.45, 7) is -0.105. The lowest BCUT2D eigenvalue weighted by Gasteiger charge is -2.29. The van der Waals surface area contributed by atoms with Crippen molar-refractivity contribution in [1.82, 2.24) is 10.4 Å². The third kappa shape index (κ3) is 2.87. The van der Waals surface area contributed by atoms with Crippen LogP contribution in [-0.4, -0.2) is 28.6 Å². The Kier molecular flexibility index (Phi) is 3.62. The molecule has 0 aliphatic carbocycles. The summed E-state index contributed by atoms with van der Waals surface area (Å²) in [5.74, 6) is -0.510. The van der Waals surface area contributed by atoms with Gasteiger partial charge in [0.1, 0.15) is 6.04 Å². The maximum Gasteiger partial charge on any atom is 0.409 e. The van der Waals surface area contributed by atoms with Crippen LogP contribution in [0.3, 0.4) is 0 Å². The number of alkyl halides is 3. The molecule has 1 atom stereocenters. The number of non-ortho nitro benzene ring substituents is 1. The molecule has 1 fully saturated rings. The van der Waals surface area contributed by atoms with Crippen LogP contribution >= 0.6 is 0 Å². The lowest BCUT2D eigenvalue weighted by atomic mass is 10.1. The zero-order valence-corrected chi connectivity index (χ0v) is 10.1. The van der Waals surface area contributed by atoms with Crippen LogP contribution < -0.4 is 5.43 Å². The second-order valence-corrected chi connectivity index (χ2v) is 4.27. The maximum atomic E-state index is 13.2. The van der Waals surface area contributed by atoms with Crippen molar-refractivity contribution in [1.29, 1.82) is 0 Å². The third-order valence-electron chi connectivity index (χ3n) is 2.87. The standard InChI is InChI=1S/C11H10F3N3O3/c12-11(13,14)10(16-5-4-9(18)15-16)7-2-1-3-8(6-7)17(19)20/h1-3,6,10H,4-5H2,(H,15,18)/t10-/m0/s1. The molecule has 1 aromatic carbocycles. The molecule has 0 bridgehead atoms. The van der Waals surface area contributed by atoms with E-state index in [4.69, 9.17) is 0 Å². The normalized spacial score (nSPS) is 17.9. The molecule has 6 nitrogen and oxygen atoms in total. The molecule has 0 aromatic heterocycles. The van der Waals surface area contributed by atoms with Gasteiger partial charge in [0.2, 0.25) is 5.91 Å². The molecule has 1 N–H and O–H groups in total. The van der Waals surface area contributed by atoms with E-state index in [0.29, 0.717) is 0 Å². The molecule has 0 radical (unpaired) electrons. The Morgan fingerprint density at radius 2 is 2.10 bits per heavy atom. The van der Waals surface area contributed by atoms with Gasteiger partial charge in [0.05, 0.1) is 4.92 Å². The summed E-state index contributed by atoms with van der Waals surface area (Å²) in [5, 5.41) is 11.4. The average Bonchev–Trinajstić information content (AvgIpc) is 2.74. The predicted molar refractivity (Wildman–Crippen MR) is 61.4 cm³/mol. The van der Waals surface area contributed by atoms with Gasteiger partial charge in [-0.05, 0) is 5.56 Å². The monoisotopic (exact) mass is 289 g/mol. The second kappa shape index (κ2) is 5.08. The Bertz CT molecular complexity index is 547. The van der Waals surface area contributed by atoms with E-state index in [1.54, 1.807) is 0 Å². The molecule has 108 valence electrons.